The fourth-order valence-corrected chi connectivity index (χ4v) is 9.41. The quantitative estimate of drug-likeness (QED) is 0.181. The van der Waals surface area contributed by atoms with Crippen LogP contribution in [0, 0.1) is 40.4 Å². The van der Waals surface area contributed by atoms with Crippen LogP contribution in [0.5, 0.6) is 0 Å². The highest BCUT2D eigenvalue weighted by Crippen LogP contribution is 2.67. The van der Waals surface area contributed by atoms with Crippen LogP contribution < -0.4 is 10.6 Å². The van der Waals surface area contributed by atoms with E-state index in [-0.39, 0.29) is 66.5 Å². The average molecular weight is 675 g/mol. The number of hydrogen-bond acceptors (Lipinski definition) is 9. The average Bonchev–Trinajstić information content (AvgIpc) is 3.29. The van der Waals surface area contributed by atoms with E-state index in [1.807, 2.05) is 13.8 Å². The number of rotatable bonds is 13. The van der Waals surface area contributed by atoms with Gasteiger partial charge in [0.05, 0.1) is 12.5 Å². The summed E-state index contributed by atoms with van der Waals surface area (Å²) in [4.78, 5) is 75.5. The molecule has 2 amide bonds. The van der Waals surface area contributed by atoms with E-state index in [0.717, 1.165) is 18.4 Å². The van der Waals surface area contributed by atoms with Gasteiger partial charge in [-0.15, -0.1) is 0 Å². The van der Waals surface area contributed by atoms with Crippen LogP contribution in [0.15, 0.2) is 11.6 Å². The molecule has 12 heteroatoms. The monoisotopic (exact) mass is 674 g/mol. The van der Waals surface area contributed by atoms with Crippen LogP contribution in [0.25, 0.3) is 0 Å². The van der Waals surface area contributed by atoms with Gasteiger partial charge in [-0.05, 0) is 79.6 Å². The Balaban J connectivity index is 1.32. The maximum atomic E-state index is 13.5. The van der Waals surface area contributed by atoms with Gasteiger partial charge in [-0.3, -0.25) is 24.0 Å². The van der Waals surface area contributed by atoms with Gasteiger partial charge < -0.3 is 30.7 Å². The molecule has 48 heavy (non-hydrogen) atoms. The predicted molar refractivity (Wildman–Crippen MR) is 174 cm³/mol. The van der Waals surface area contributed by atoms with Gasteiger partial charge in [-0.1, -0.05) is 53.5 Å². The molecule has 3 saturated carbocycles. The molecule has 4 rings (SSSR count). The number of carboxylic acid groups (broad SMARTS) is 1. The molecule has 0 spiro atoms. The molecule has 0 aliphatic heterocycles. The Morgan fingerprint density at radius 3 is 2.31 bits per heavy atom. The Kier molecular flexibility index (Phi) is 11.3. The van der Waals surface area contributed by atoms with Crippen molar-refractivity contribution in [3.63, 3.8) is 0 Å². The van der Waals surface area contributed by atoms with Gasteiger partial charge in [0.2, 0.25) is 17.6 Å². The number of aliphatic carboxylic acids is 1. The Hall–Kier alpha value is -3.12. The summed E-state index contributed by atoms with van der Waals surface area (Å²) in [5.41, 5.74) is -1.90. The second-order valence-electron chi connectivity index (χ2n) is 15.6. The largest absolute Gasteiger partial charge is 0.480 e. The number of hydrogen-bond donors (Lipinski definition) is 5. The topological polar surface area (TPSA) is 196 Å². The number of esters is 1. The Morgan fingerprint density at radius 2 is 1.69 bits per heavy atom. The van der Waals surface area contributed by atoms with Crippen LogP contribution in [0.1, 0.15) is 106 Å². The first-order valence-electron chi connectivity index (χ1n) is 17.5. The van der Waals surface area contributed by atoms with Crippen molar-refractivity contribution in [2.24, 2.45) is 40.4 Å². The van der Waals surface area contributed by atoms with Crippen molar-refractivity contribution >= 4 is 35.3 Å². The molecular formula is C36H54N2O10. The van der Waals surface area contributed by atoms with E-state index >= 15 is 0 Å². The minimum Gasteiger partial charge on any atom is -0.480 e. The third-order valence-corrected chi connectivity index (χ3v) is 12.5. The number of carboxylic acids is 1. The molecular weight excluding hydrogens is 620 g/mol. The van der Waals surface area contributed by atoms with E-state index in [9.17, 15) is 44.1 Å². The number of carbonyl (C=O) groups is 6. The molecule has 0 saturated heterocycles. The van der Waals surface area contributed by atoms with Gasteiger partial charge in [-0.2, -0.15) is 0 Å². The lowest BCUT2D eigenvalue weighted by Crippen LogP contribution is -2.62. The van der Waals surface area contributed by atoms with E-state index in [2.05, 4.69) is 17.6 Å². The Labute approximate surface area is 282 Å². The Bertz CT molecular complexity index is 1340. The van der Waals surface area contributed by atoms with Crippen molar-refractivity contribution in [1.29, 1.82) is 0 Å². The second kappa shape index (κ2) is 14.4. The summed E-state index contributed by atoms with van der Waals surface area (Å²) < 4.78 is 5.23. The molecule has 268 valence electrons. The zero-order valence-corrected chi connectivity index (χ0v) is 29.2. The summed E-state index contributed by atoms with van der Waals surface area (Å²) in [6.07, 6.45) is 4.52. The number of amides is 2. The molecule has 4 aliphatic carbocycles. The van der Waals surface area contributed by atoms with Crippen molar-refractivity contribution in [3.8, 4) is 0 Å². The molecule has 0 heterocycles. The molecule has 12 nitrogen and oxygen atoms in total. The minimum absolute atomic E-state index is 0.0164. The van der Waals surface area contributed by atoms with Crippen molar-refractivity contribution in [2.45, 2.75) is 130 Å². The number of ether oxygens (including phenoxy) is 1. The lowest BCUT2D eigenvalue weighted by Gasteiger charge is -2.60. The van der Waals surface area contributed by atoms with Crippen LogP contribution in [-0.4, -0.2) is 81.0 Å². The molecule has 0 aromatic rings. The zero-order valence-electron chi connectivity index (χ0n) is 29.2. The predicted octanol–water partition coefficient (Wildman–Crippen LogP) is 2.87. The highest BCUT2D eigenvalue weighted by atomic mass is 16.5. The van der Waals surface area contributed by atoms with Crippen LogP contribution in [0.4, 0.5) is 0 Å². The smallest absolute Gasteiger partial charge is 0.326 e. The molecule has 0 radical (unpaired) electrons. The molecule has 0 aromatic carbocycles. The summed E-state index contributed by atoms with van der Waals surface area (Å²) >= 11 is 0. The van der Waals surface area contributed by atoms with Gasteiger partial charge in [0.25, 0.3) is 0 Å². The minimum atomic E-state index is -1.79. The van der Waals surface area contributed by atoms with Gasteiger partial charge in [0.15, 0.2) is 12.4 Å². The number of aliphatic hydroxyl groups is 2. The number of allylic oxidation sites excluding steroid dienone is 1. The number of carbonyl (C=O) groups excluding carboxylic acids is 5. The third kappa shape index (κ3) is 6.97. The molecule has 4 aliphatic rings. The second-order valence-corrected chi connectivity index (χ2v) is 15.6. The summed E-state index contributed by atoms with van der Waals surface area (Å²) in [6, 6.07) is -2.13. The maximum Gasteiger partial charge on any atom is 0.326 e. The summed E-state index contributed by atoms with van der Waals surface area (Å²) in [6.45, 7) is 10.3. The first kappa shape index (κ1) is 37.7. The third-order valence-electron chi connectivity index (χ3n) is 12.5. The van der Waals surface area contributed by atoms with E-state index < -0.39 is 65.3 Å². The summed E-state index contributed by atoms with van der Waals surface area (Å²) in [7, 11) is 0. The summed E-state index contributed by atoms with van der Waals surface area (Å²) in [5, 5.41) is 38.0. The lowest BCUT2D eigenvalue weighted by atomic mass is 9.45. The van der Waals surface area contributed by atoms with Crippen molar-refractivity contribution < 1.29 is 48.8 Å². The van der Waals surface area contributed by atoms with Crippen LogP contribution >= 0.6 is 0 Å². The molecule has 0 unspecified atom stereocenters. The number of Topliss-reactive ketones (excluding diaryl/α,β-unsaturated/α-hetero) is 1. The standard InChI is InChI=1S/C36H54N2O10/c1-7-20(4)31(33(45)46)38-32(44)30(19(2)3)37-27(42)10-11-28(43)48-18-26(41)36(47)15-13-24-23-9-8-21-16-22(39)12-14-34(21,5)29(23)25(40)17-35(24,36)6/h16,19-20,23-25,29-31,40,47H,7-15,17-18H2,1-6H3,(H,37,42)(H,38,44)(H,45,46)/t20-,23+,24-,25-,29-,30+,31-,34-,35-,36-/m0/s1. The number of aliphatic hydroxyl groups excluding tert-OH is 1. The van der Waals surface area contributed by atoms with Crippen LogP contribution in [-0.2, 0) is 33.5 Å². The SMILES string of the molecule is CC[C@H](C)[C@H](NC(=O)[C@H](NC(=O)CCC(=O)OCC(=O)[C@@]1(O)CC[C@H]2[C@H]3CCC4=CC(=O)CC[C@]4(C)[C@@H]3[C@@H](O)C[C@@]21C)C(C)C)C(=O)O. The van der Waals surface area contributed by atoms with Gasteiger partial charge in [-0.25, -0.2) is 4.79 Å². The van der Waals surface area contributed by atoms with Crippen molar-refractivity contribution in [3.05, 3.63) is 11.6 Å². The van der Waals surface area contributed by atoms with Crippen molar-refractivity contribution in [1.82, 2.24) is 10.6 Å². The Morgan fingerprint density at radius 1 is 1.00 bits per heavy atom. The van der Waals surface area contributed by atoms with Gasteiger partial charge in [0.1, 0.15) is 17.7 Å². The van der Waals surface area contributed by atoms with E-state index in [1.165, 1.54) is 0 Å². The van der Waals surface area contributed by atoms with Crippen LogP contribution in [0.3, 0.4) is 0 Å². The first-order valence-corrected chi connectivity index (χ1v) is 17.5. The highest BCUT2D eigenvalue weighted by Gasteiger charge is 2.68. The highest BCUT2D eigenvalue weighted by molar-refractivity contribution is 5.93. The van der Waals surface area contributed by atoms with Gasteiger partial charge >= 0.3 is 11.9 Å². The fourth-order valence-electron chi connectivity index (χ4n) is 9.41. The van der Waals surface area contributed by atoms with Crippen molar-refractivity contribution in [2.75, 3.05) is 6.61 Å². The van der Waals surface area contributed by atoms with E-state index in [1.54, 1.807) is 26.8 Å². The summed E-state index contributed by atoms with van der Waals surface area (Å²) in [5.74, 6) is -4.42. The number of fused-ring (bicyclic) bond motifs is 5. The van der Waals surface area contributed by atoms with Gasteiger partial charge in [0, 0.05) is 18.3 Å². The fraction of sp³-hybridized carbons (Fsp3) is 0.778. The molecule has 5 N–H and O–H groups in total. The molecule has 0 aromatic heterocycles. The van der Waals surface area contributed by atoms with E-state index in [0.29, 0.717) is 25.7 Å². The zero-order chi connectivity index (χ0) is 35.8. The van der Waals surface area contributed by atoms with E-state index in [4.69, 9.17) is 4.74 Å². The first-order chi connectivity index (χ1) is 22.4. The normalized spacial score (nSPS) is 34.4. The lowest BCUT2D eigenvalue weighted by molar-refractivity contribution is -0.184. The molecule has 0 bridgehead atoms. The van der Waals surface area contributed by atoms with Crippen LogP contribution in [0.2, 0.25) is 0 Å². The molecule has 10 atom stereocenters. The number of nitrogens with one attached hydrogen (secondary N) is 2. The maximum absolute atomic E-state index is 13.5. The molecule has 3 fully saturated rings. The number of ketones is 2.